The summed E-state index contributed by atoms with van der Waals surface area (Å²) in [4.78, 5) is 27.1. The van der Waals surface area contributed by atoms with Crippen molar-refractivity contribution in [3.63, 3.8) is 0 Å². The number of amides is 2. The lowest BCUT2D eigenvalue weighted by molar-refractivity contribution is -0.139. The molecular formula is C17H32N4O3. The summed E-state index contributed by atoms with van der Waals surface area (Å²) in [7, 11) is 2.16. The van der Waals surface area contributed by atoms with E-state index in [2.05, 4.69) is 22.6 Å². The van der Waals surface area contributed by atoms with Crippen LogP contribution in [-0.4, -0.2) is 78.8 Å². The Labute approximate surface area is 144 Å². The quantitative estimate of drug-likeness (QED) is 0.613. The van der Waals surface area contributed by atoms with E-state index in [0.29, 0.717) is 5.92 Å². The number of carboxylic acids is 1. The number of carboxylic acid groups (broad SMARTS) is 1. The van der Waals surface area contributed by atoms with Crippen LogP contribution in [0.3, 0.4) is 0 Å². The Morgan fingerprint density at radius 1 is 1.33 bits per heavy atom. The van der Waals surface area contributed by atoms with Crippen molar-refractivity contribution in [3.05, 3.63) is 0 Å². The summed E-state index contributed by atoms with van der Waals surface area (Å²) in [5.41, 5.74) is 0. The molecular weight excluding hydrogens is 308 g/mol. The maximum Gasteiger partial charge on any atom is 0.317 e. The van der Waals surface area contributed by atoms with Crippen molar-refractivity contribution in [2.45, 2.75) is 51.1 Å². The van der Waals surface area contributed by atoms with Gasteiger partial charge in [-0.3, -0.25) is 9.69 Å². The van der Waals surface area contributed by atoms with Crippen LogP contribution in [0.1, 0.15) is 39.0 Å². The fraction of sp³-hybridized carbons (Fsp3) is 0.882. The Balaban J connectivity index is 1.56. The van der Waals surface area contributed by atoms with Crippen molar-refractivity contribution in [1.29, 1.82) is 0 Å². The number of nitrogens with one attached hydrogen (secondary N) is 2. The van der Waals surface area contributed by atoms with Crippen LogP contribution in [-0.2, 0) is 4.79 Å². The molecule has 1 unspecified atom stereocenters. The standard InChI is InChI=1S/C17H32N4O3/c1-3-21(12-16(22)23)15-9-14(10-15)19-17(24)18-7-6-13-5-4-8-20(2)11-13/h13-15H,3-12H2,1-2H3,(H,22,23)(H2,18,19,24). The molecule has 3 N–H and O–H groups in total. The van der Waals surface area contributed by atoms with Gasteiger partial charge < -0.3 is 20.6 Å². The second kappa shape index (κ2) is 9.22. The van der Waals surface area contributed by atoms with E-state index < -0.39 is 5.97 Å². The highest BCUT2D eigenvalue weighted by atomic mass is 16.4. The molecule has 1 saturated heterocycles. The van der Waals surface area contributed by atoms with Gasteiger partial charge in [-0.1, -0.05) is 6.92 Å². The number of likely N-dealkylation sites (tertiary alicyclic amines) is 1. The number of hydrogen-bond acceptors (Lipinski definition) is 4. The first-order valence-electron chi connectivity index (χ1n) is 9.16. The van der Waals surface area contributed by atoms with E-state index in [1.165, 1.54) is 19.4 Å². The lowest BCUT2D eigenvalue weighted by Gasteiger charge is -2.42. The summed E-state index contributed by atoms with van der Waals surface area (Å²) in [6.45, 7) is 5.81. The minimum absolute atomic E-state index is 0.0793. The topological polar surface area (TPSA) is 84.9 Å². The van der Waals surface area contributed by atoms with E-state index in [1.54, 1.807) is 0 Å². The molecule has 1 aliphatic heterocycles. The predicted octanol–water partition coefficient (Wildman–Crippen LogP) is 0.955. The molecule has 0 aromatic heterocycles. The molecule has 2 rings (SSSR count). The van der Waals surface area contributed by atoms with Gasteiger partial charge in [0.25, 0.3) is 0 Å². The Kier molecular flexibility index (Phi) is 7.30. The molecule has 1 heterocycles. The Hall–Kier alpha value is -1.34. The summed E-state index contributed by atoms with van der Waals surface area (Å²) in [6.07, 6.45) is 5.21. The van der Waals surface area contributed by atoms with Crippen LogP contribution >= 0.6 is 0 Å². The third kappa shape index (κ3) is 5.94. The summed E-state index contributed by atoms with van der Waals surface area (Å²) in [6, 6.07) is 0.344. The molecule has 2 amide bonds. The lowest BCUT2D eigenvalue weighted by Crippen LogP contribution is -2.56. The second-order valence-electron chi connectivity index (χ2n) is 7.24. The molecule has 0 aromatic carbocycles. The van der Waals surface area contributed by atoms with Crippen molar-refractivity contribution in [2.75, 3.05) is 39.8 Å². The second-order valence-corrected chi connectivity index (χ2v) is 7.24. The molecule has 0 bridgehead atoms. The molecule has 7 heteroatoms. The van der Waals surface area contributed by atoms with Gasteiger partial charge in [-0.05, 0) is 58.2 Å². The average Bonchev–Trinajstić information content (AvgIpc) is 2.48. The number of aliphatic carboxylic acids is 1. The van der Waals surface area contributed by atoms with Crippen LogP contribution in [0.2, 0.25) is 0 Å². The zero-order chi connectivity index (χ0) is 17.5. The highest BCUT2D eigenvalue weighted by Crippen LogP contribution is 2.25. The Morgan fingerprint density at radius 3 is 2.71 bits per heavy atom. The number of hydrogen-bond donors (Lipinski definition) is 3. The third-order valence-electron chi connectivity index (χ3n) is 5.27. The molecule has 1 saturated carbocycles. The predicted molar refractivity (Wildman–Crippen MR) is 93.1 cm³/mol. The van der Waals surface area contributed by atoms with Crippen molar-refractivity contribution in [2.24, 2.45) is 5.92 Å². The van der Waals surface area contributed by atoms with E-state index in [-0.39, 0.29) is 24.7 Å². The molecule has 0 spiro atoms. The fourth-order valence-corrected chi connectivity index (χ4v) is 3.81. The first kappa shape index (κ1) is 19.0. The molecule has 24 heavy (non-hydrogen) atoms. The van der Waals surface area contributed by atoms with Gasteiger partial charge >= 0.3 is 12.0 Å². The van der Waals surface area contributed by atoms with Gasteiger partial charge in [0.15, 0.2) is 0 Å². The van der Waals surface area contributed by atoms with Gasteiger partial charge in [0.05, 0.1) is 6.54 Å². The van der Waals surface area contributed by atoms with Gasteiger partial charge in [-0.25, -0.2) is 4.79 Å². The van der Waals surface area contributed by atoms with E-state index in [9.17, 15) is 9.59 Å². The number of likely N-dealkylation sites (N-methyl/N-ethyl adjacent to an activating group) is 1. The number of nitrogens with zero attached hydrogens (tertiary/aromatic N) is 2. The highest BCUT2D eigenvalue weighted by molar-refractivity contribution is 5.74. The van der Waals surface area contributed by atoms with Gasteiger partial charge in [0, 0.05) is 25.2 Å². The molecule has 1 aliphatic carbocycles. The highest BCUT2D eigenvalue weighted by Gasteiger charge is 2.34. The SMILES string of the molecule is CCN(CC(=O)O)C1CC(NC(=O)NCCC2CCCN(C)C2)C1. The van der Waals surface area contributed by atoms with Crippen LogP contribution < -0.4 is 10.6 Å². The van der Waals surface area contributed by atoms with Crippen LogP contribution in [0.4, 0.5) is 4.79 Å². The van der Waals surface area contributed by atoms with Gasteiger partial charge in [-0.15, -0.1) is 0 Å². The van der Waals surface area contributed by atoms with Gasteiger partial charge in [0.1, 0.15) is 0 Å². The zero-order valence-electron chi connectivity index (χ0n) is 15.0. The number of rotatable bonds is 8. The van der Waals surface area contributed by atoms with Crippen LogP contribution in [0, 0.1) is 5.92 Å². The smallest absolute Gasteiger partial charge is 0.317 e. The molecule has 0 radical (unpaired) electrons. The molecule has 7 nitrogen and oxygen atoms in total. The number of urea groups is 1. The summed E-state index contributed by atoms with van der Waals surface area (Å²) < 4.78 is 0. The molecule has 2 aliphatic rings. The van der Waals surface area contributed by atoms with Gasteiger partial charge in [-0.2, -0.15) is 0 Å². The molecule has 1 atom stereocenters. The normalized spacial score (nSPS) is 27.5. The third-order valence-corrected chi connectivity index (χ3v) is 5.27. The largest absolute Gasteiger partial charge is 0.480 e. The van der Waals surface area contributed by atoms with Crippen molar-refractivity contribution >= 4 is 12.0 Å². The van der Waals surface area contributed by atoms with E-state index in [0.717, 1.165) is 38.9 Å². The number of carbonyl (C=O) groups excluding carboxylic acids is 1. The maximum atomic E-state index is 11.9. The Bertz CT molecular complexity index is 426. The van der Waals surface area contributed by atoms with E-state index >= 15 is 0 Å². The Morgan fingerprint density at radius 2 is 2.08 bits per heavy atom. The van der Waals surface area contributed by atoms with Crippen molar-refractivity contribution in [1.82, 2.24) is 20.4 Å². The van der Waals surface area contributed by atoms with Gasteiger partial charge in [0.2, 0.25) is 0 Å². The van der Waals surface area contributed by atoms with E-state index in [4.69, 9.17) is 5.11 Å². The van der Waals surface area contributed by atoms with Crippen molar-refractivity contribution in [3.8, 4) is 0 Å². The minimum atomic E-state index is -0.792. The first-order chi connectivity index (χ1) is 11.5. The summed E-state index contributed by atoms with van der Waals surface area (Å²) in [5.74, 6) is -0.106. The maximum absolute atomic E-state index is 11.9. The summed E-state index contributed by atoms with van der Waals surface area (Å²) >= 11 is 0. The molecule has 0 aromatic rings. The molecule has 2 fully saturated rings. The minimum Gasteiger partial charge on any atom is -0.480 e. The van der Waals surface area contributed by atoms with Crippen LogP contribution in [0.25, 0.3) is 0 Å². The number of carbonyl (C=O) groups is 2. The van der Waals surface area contributed by atoms with Crippen LogP contribution in [0.15, 0.2) is 0 Å². The zero-order valence-corrected chi connectivity index (χ0v) is 15.0. The van der Waals surface area contributed by atoms with Crippen molar-refractivity contribution < 1.29 is 14.7 Å². The monoisotopic (exact) mass is 340 g/mol. The first-order valence-corrected chi connectivity index (χ1v) is 9.16. The average molecular weight is 340 g/mol. The lowest BCUT2D eigenvalue weighted by atomic mass is 9.85. The van der Waals surface area contributed by atoms with Crippen LogP contribution in [0.5, 0.6) is 0 Å². The fourth-order valence-electron chi connectivity index (χ4n) is 3.81. The summed E-state index contributed by atoms with van der Waals surface area (Å²) in [5, 5.41) is 14.8. The van der Waals surface area contributed by atoms with E-state index in [1.807, 2.05) is 11.8 Å². The molecule has 138 valence electrons. The number of piperidine rings is 1.